The van der Waals surface area contributed by atoms with Crippen LogP contribution in [-0.2, 0) is 45.1 Å². The van der Waals surface area contributed by atoms with Gasteiger partial charge in [0.2, 0.25) is 0 Å². The summed E-state index contributed by atoms with van der Waals surface area (Å²) in [5.41, 5.74) is 9.38. The van der Waals surface area contributed by atoms with Crippen molar-refractivity contribution in [2.45, 2.75) is 83.6 Å². The molecule has 0 aliphatic rings. The van der Waals surface area contributed by atoms with Gasteiger partial charge in [-0.3, -0.25) is 24.0 Å². The monoisotopic (exact) mass is 985 g/mol. The van der Waals surface area contributed by atoms with Gasteiger partial charge in [0.25, 0.3) is 17.7 Å². The Kier molecular flexibility index (Phi) is 21.6. The van der Waals surface area contributed by atoms with Gasteiger partial charge < -0.3 is 50.7 Å². The van der Waals surface area contributed by atoms with Crippen LogP contribution in [0.25, 0.3) is 0 Å². The van der Waals surface area contributed by atoms with Crippen molar-refractivity contribution in [1.82, 2.24) is 21.3 Å². The molecule has 0 aliphatic heterocycles. The van der Waals surface area contributed by atoms with Crippen molar-refractivity contribution in [3.8, 4) is 17.2 Å². The Morgan fingerprint density at radius 1 is 0.486 bits per heavy atom. The molecule has 17 nitrogen and oxygen atoms in total. The molecule has 5 amide bonds. The molecule has 0 saturated carbocycles. The number of Topliss-reactive ketones (excluding diaryl/α,β-unsaturated/α-hetero) is 2. The van der Waals surface area contributed by atoms with E-state index in [1.165, 1.54) is 39.5 Å². The predicted molar refractivity (Wildman–Crippen MR) is 269 cm³/mol. The van der Waals surface area contributed by atoms with Crippen LogP contribution in [0.2, 0.25) is 0 Å². The molecule has 1 unspecified atom stereocenters. The minimum absolute atomic E-state index is 0.0548. The molecule has 0 bridgehead atoms. The van der Waals surface area contributed by atoms with Crippen LogP contribution in [0.5, 0.6) is 17.2 Å². The minimum Gasteiger partial charge on any atom is -0.496 e. The third-order valence-corrected chi connectivity index (χ3v) is 11.6. The smallest absolute Gasteiger partial charge is 0.407 e. The number of hydrogen-bond acceptors (Lipinski definition) is 12. The molecule has 0 aromatic heterocycles. The van der Waals surface area contributed by atoms with E-state index in [0.29, 0.717) is 42.6 Å². The van der Waals surface area contributed by atoms with Crippen LogP contribution in [0.15, 0.2) is 115 Å². The van der Waals surface area contributed by atoms with E-state index in [9.17, 15) is 33.6 Å². The van der Waals surface area contributed by atoms with Gasteiger partial charge in [0.15, 0.2) is 11.6 Å². The van der Waals surface area contributed by atoms with Gasteiger partial charge in [-0.25, -0.2) is 9.59 Å². The van der Waals surface area contributed by atoms with Crippen molar-refractivity contribution >= 4 is 41.5 Å². The number of amides is 5. The van der Waals surface area contributed by atoms with E-state index in [-0.39, 0.29) is 91.7 Å². The number of nitrogens with two attached hydrogens (primary N) is 1. The summed E-state index contributed by atoms with van der Waals surface area (Å²) in [6.07, 6.45) is 0.658. The zero-order valence-electron chi connectivity index (χ0n) is 41.1. The second-order valence-corrected chi connectivity index (χ2v) is 16.9. The lowest BCUT2D eigenvalue weighted by Gasteiger charge is -2.21. The highest BCUT2D eigenvalue weighted by molar-refractivity contribution is 6.02. The molecule has 6 N–H and O–H groups in total. The summed E-state index contributed by atoms with van der Waals surface area (Å²) in [5.74, 6) is -1.86. The molecule has 0 fully saturated rings. The molecule has 5 aromatic rings. The average Bonchev–Trinajstić information content (AvgIpc) is 3.39. The van der Waals surface area contributed by atoms with Gasteiger partial charge in [-0.2, -0.15) is 0 Å². The van der Waals surface area contributed by atoms with Gasteiger partial charge in [-0.15, -0.1) is 0 Å². The van der Waals surface area contributed by atoms with Crippen LogP contribution in [0.4, 0.5) is 9.59 Å². The van der Waals surface area contributed by atoms with Crippen molar-refractivity contribution in [3.63, 3.8) is 0 Å². The number of ether oxygens (including phenoxy) is 5. The fourth-order valence-electron chi connectivity index (χ4n) is 7.72. The summed E-state index contributed by atoms with van der Waals surface area (Å²) in [6, 6.07) is 31.0. The summed E-state index contributed by atoms with van der Waals surface area (Å²) in [6.45, 7) is 2.57. The number of hydrogen-bond donors (Lipinski definition) is 5. The third kappa shape index (κ3) is 17.3. The Balaban J connectivity index is 1.28. The second kappa shape index (κ2) is 28.5. The number of primary amides is 1. The summed E-state index contributed by atoms with van der Waals surface area (Å²) >= 11 is 0. The highest BCUT2D eigenvalue weighted by Gasteiger charge is 2.27. The topological polar surface area (TPSA) is 240 Å². The summed E-state index contributed by atoms with van der Waals surface area (Å²) < 4.78 is 26.9. The SMILES string of the molecule is COc1ccc(CC(=O)C(CCCCNC(=O)OCc2ccccc2)NC(=O)c2cc(CC(=O)[C@H](CCCCNC(=O)OCc3ccccc3)NC(=O)c3cc(C)ccc3OC)ccc2OC)cc1C(N)=O. The minimum atomic E-state index is -1.03. The molecule has 380 valence electrons. The largest absolute Gasteiger partial charge is 0.496 e. The summed E-state index contributed by atoms with van der Waals surface area (Å²) in [4.78, 5) is 93.1. The van der Waals surface area contributed by atoms with Crippen molar-refractivity contribution in [1.29, 1.82) is 0 Å². The Morgan fingerprint density at radius 3 is 1.32 bits per heavy atom. The van der Waals surface area contributed by atoms with Gasteiger partial charge >= 0.3 is 12.2 Å². The Hall–Kier alpha value is -8.21. The number of alkyl carbamates (subject to hydrolysis) is 2. The summed E-state index contributed by atoms with van der Waals surface area (Å²) in [5, 5.41) is 11.2. The Morgan fingerprint density at radius 2 is 0.889 bits per heavy atom. The average molecular weight is 986 g/mol. The number of carbonyl (C=O) groups is 7. The van der Waals surface area contributed by atoms with Crippen molar-refractivity contribution in [2.75, 3.05) is 34.4 Å². The standard InChI is InChI=1S/C55H63N5O12/c1-36-21-24-49(69-3)42(29-36)52(64)59-44(19-11-13-27-57-54(66)71-34-37-15-7-5-8-16-37)47(62)33-40-23-26-50(70-4)43(31-40)53(65)60-45(46(61)32-39-22-25-48(68-2)41(30-39)51(56)63)20-12-14-28-58-55(67)72-35-38-17-9-6-10-18-38/h5-10,15-18,21-26,29-31,44-45H,11-14,19-20,27-28,32-35H2,1-4H3,(H2,56,63)(H,57,66)(H,58,67)(H,59,64)(H,60,65)/t44-,45?/m0/s1. The Bertz CT molecular complexity index is 2640. The van der Waals surface area contributed by atoms with Crippen LogP contribution >= 0.6 is 0 Å². The predicted octanol–water partition coefficient (Wildman–Crippen LogP) is 7.13. The van der Waals surface area contributed by atoms with E-state index in [2.05, 4.69) is 21.3 Å². The zero-order valence-corrected chi connectivity index (χ0v) is 41.1. The van der Waals surface area contributed by atoms with Crippen molar-refractivity contribution in [2.24, 2.45) is 5.73 Å². The van der Waals surface area contributed by atoms with Crippen LogP contribution in [0, 0.1) is 6.92 Å². The highest BCUT2D eigenvalue weighted by atomic mass is 16.6. The first kappa shape index (κ1) is 54.7. The van der Waals surface area contributed by atoms with Crippen LogP contribution in [-0.4, -0.2) is 88.0 Å². The first-order chi connectivity index (χ1) is 34.8. The molecular weight excluding hydrogens is 923 g/mol. The number of rotatable bonds is 28. The van der Waals surface area contributed by atoms with E-state index in [4.69, 9.17) is 29.4 Å². The number of carbonyl (C=O) groups excluding carboxylic acids is 7. The zero-order chi connectivity index (χ0) is 51.8. The summed E-state index contributed by atoms with van der Waals surface area (Å²) in [7, 11) is 4.24. The van der Waals surface area contributed by atoms with E-state index in [1.54, 1.807) is 36.4 Å². The normalized spacial score (nSPS) is 11.5. The molecule has 0 radical (unpaired) electrons. The van der Waals surface area contributed by atoms with Gasteiger partial charge in [-0.1, -0.05) is 84.4 Å². The third-order valence-electron chi connectivity index (χ3n) is 11.6. The lowest BCUT2D eigenvalue weighted by Crippen LogP contribution is -2.42. The molecule has 0 aliphatic carbocycles. The second-order valence-electron chi connectivity index (χ2n) is 16.9. The van der Waals surface area contributed by atoms with Crippen LogP contribution in [0.3, 0.4) is 0 Å². The fourth-order valence-corrected chi connectivity index (χ4v) is 7.72. The molecule has 5 aromatic carbocycles. The quantitative estimate of drug-likeness (QED) is 0.0315. The maximum absolute atomic E-state index is 14.2. The van der Waals surface area contributed by atoms with Gasteiger partial charge in [-0.05, 0) is 104 Å². The van der Waals surface area contributed by atoms with Gasteiger partial charge in [0.05, 0.1) is 50.1 Å². The number of aryl methyl sites for hydroxylation is 1. The van der Waals surface area contributed by atoms with Crippen molar-refractivity contribution in [3.05, 3.63) is 160 Å². The molecule has 0 spiro atoms. The van der Waals surface area contributed by atoms with E-state index >= 15 is 0 Å². The number of methoxy groups -OCH3 is 3. The molecule has 17 heteroatoms. The van der Waals surface area contributed by atoms with E-state index in [0.717, 1.165) is 16.7 Å². The van der Waals surface area contributed by atoms with Gasteiger partial charge in [0, 0.05) is 25.9 Å². The lowest BCUT2D eigenvalue weighted by atomic mass is 9.96. The number of ketones is 2. The number of unbranched alkanes of at least 4 members (excludes halogenated alkanes) is 2. The van der Waals surface area contributed by atoms with Crippen molar-refractivity contribution < 1.29 is 57.2 Å². The van der Waals surface area contributed by atoms with Crippen LogP contribution in [0.1, 0.15) is 97.4 Å². The maximum Gasteiger partial charge on any atom is 0.407 e. The highest BCUT2D eigenvalue weighted by Crippen LogP contribution is 2.24. The lowest BCUT2D eigenvalue weighted by molar-refractivity contribution is -0.121. The molecule has 0 saturated heterocycles. The maximum atomic E-state index is 14.2. The number of nitrogens with one attached hydrogen (secondary N) is 4. The molecule has 2 atom stereocenters. The molecule has 0 heterocycles. The van der Waals surface area contributed by atoms with E-state index < -0.39 is 42.0 Å². The molecular formula is C55H63N5O12. The molecule has 72 heavy (non-hydrogen) atoms. The van der Waals surface area contributed by atoms with Gasteiger partial charge in [0.1, 0.15) is 30.5 Å². The number of benzene rings is 5. The van der Waals surface area contributed by atoms with E-state index in [1.807, 2.05) is 67.6 Å². The van der Waals surface area contributed by atoms with Crippen LogP contribution < -0.4 is 41.2 Å². The fraction of sp³-hybridized carbons (Fsp3) is 0.327. The first-order valence-electron chi connectivity index (χ1n) is 23.6. The molecule has 5 rings (SSSR count). The first-order valence-corrected chi connectivity index (χ1v) is 23.6. The Labute approximate surface area is 419 Å².